The molecule has 0 aliphatic rings. The monoisotopic (exact) mass is 406 g/mol. The second kappa shape index (κ2) is 10.2. The first-order chi connectivity index (χ1) is 13.4. The molecular weight excluding hydrogens is 380 g/mol. The maximum Gasteiger partial charge on any atom is 0.240 e. The van der Waals surface area contributed by atoms with Crippen LogP contribution in [-0.4, -0.2) is 41.2 Å². The third-order valence-electron chi connectivity index (χ3n) is 4.04. The van der Waals surface area contributed by atoms with Crippen LogP contribution in [-0.2, 0) is 26.0 Å². The number of benzene rings is 2. The van der Waals surface area contributed by atoms with E-state index in [1.165, 1.54) is 19.2 Å². The Labute approximate surface area is 166 Å². The molecular formula is C20H26N2O5S. The molecule has 1 atom stereocenters. The molecule has 0 aromatic heterocycles. The summed E-state index contributed by atoms with van der Waals surface area (Å²) in [7, 11) is -0.531. The van der Waals surface area contributed by atoms with Crippen molar-refractivity contribution in [2.75, 3.05) is 26.1 Å². The van der Waals surface area contributed by atoms with E-state index in [1.54, 1.807) is 26.2 Å². The van der Waals surface area contributed by atoms with Gasteiger partial charge in [-0.3, -0.25) is 4.79 Å². The van der Waals surface area contributed by atoms with Gasteiger partial charge in [0.1, 0.15) is 5.75 Å². The highest BCUT2D eigenvalue weighted by Gasteiger charge is 2.17. The fraction of sp³-hybridized carbons (Fsp3) is 0.350. The van der Waals surface area contributed by atoms with Crippen molar-refractivity contribution in [1.82, 2.24) is 4.72 Å². The summed E-state index contributed by atoms with van der Waals surface area (Å²) < 4.78 is 37.4. The molecule has 152 valence electrons. The SMILES string of the molecule is COCC(C)NS(=O)(=O)c1ccc(NC(=O)CCc2ccccc2OC)cc1. The summed E-state index contributed by atoms with van der Waals surface area (Å²) in [6, 6.07) is 13.3. The molecule has 0 aliphatic heterocycles. The summed E-state index contributed by atoms with van der Waals surface area (Å²) in [5.41, 5.74) is 1.49. The van der Waals surface area contributed by atoms with E-state index < -0.39 is 10.0 Å². The second-order valence-corrected chi connectivity index (χ2v) is 8.08. The van der Waals surface area contributed by atoms with Gasteiger partial charge < -0.3 is 14.8 Å². The molecule has 0 heterocycles. The van der Waals surface area contributed by atoms with Crippen molar-refractivity contribution in [3.8, 4) is 5.75 Å². The van der Waals surface area contributed by atoms with Crippen molar-refractivity contribution in [2.45, 2.75) is 30.7 Å². The lowest BCUT2D eigenvalue weighted by atomic mass is 10.1. The normalized spacial score (nSPS) is 12.4. The van der Waals surface area contributed by atoms with Crippen LogP contribution >= 0.6 is 0 Å². The molecule has 8 heteroatoms. The van der Waals surface area contributed by atoms with Crippen molar-refractivity contribution < 1.29 is 22.7 Å². The maximum atomic E-state index is 12.3. The molecule has 0 spiro atoms. The lowest BCUT2D eigenvalue weighted by Gasteiger charge is -2.13. The van der Waals surface area contributed by atoms with Crippen LogP contribution in [0.2, 0.25) is 0 Å². The van der Waals surface area contributed by atoms with Crippen molar-refractivity contribution in [3.05, 3.63) is 54.1 Å². The molecule has 0 saturated heterocycles. The number of sulfonamides is 1. The van der Waals surface area contributed by atoms with Gasteiger partial charge in [0.25, 0.3) is 0 Å². The average molecular weight is 407 g/mol. The molecule has 2 aromatic rings. The van der Waals surface area contributed by atoms with Gasteiger partial charge in [0, 0.05) is 25.3 Å². The molecule has 0 saturated carbocycles. The highest BCUT2D eigenvalue weighted by Crippen LogP contribution is 2.19. The standard InChI is InChI=1S/C20H26N2O5S/c1-15(14-26-2)22-28(24,25)18-11-9-17(10-12-18)21-20(23)13-8-16-6-4-5-7-19(16)27-3/h4-7,9-12,15,22H,8,13-14H2,1-3H3,(H,21,23). The largest absolute Gasteiger partial charge is 0.496 e. The first kappa shape index (κ1) is 21.9. The van der Waals surface area contributed by atoms with Crippen LogP contribution in [0.5, 0.6) is 5.75 Å². The molecule has 2 rings (SSSR count). The van der Waals surface area contributed by atoms with E-state index in [1.807, 2.05) is 24.3 Å². The topological polar surface area (TPSA) is 93.7 Å². The number of rotatable bonds is 10. The number of anilines is 1. The second-order valence-electron chi connectivity index (χ2n) is 6.36. The molecule has 0 bridgehead atoms. The Morgan fingerprint density at radius 1 is 1.07 bits per heavy atom. The Kier molecular flexibility index (Phi) is 7.98. The van der Waals surface area contributed by atoms with E-state index in [4.69, 9.17) is 9.47 Å². The highest BCUT2D eigenvalue weighted by atomic mass is 32.2. The van der Waals surface area contributed by atoms with Crippen LogP contribution in [0.15, 0.2) is 53.4 Å². The zero-order chi connectivity index (χ0) is 20.6. The number of para-hydroxylation sites is 1. The van der Waals surface area contributed by atoms with Crippen molar-refractivity contribution in [2.24, 2.45) is 0 Å². The van der Waals surface area contributed by atoms with Gasteiger partial charge in [-0.25, -0.2) is 13.1 Å². The molecule has 0 aliphatic carbocycles. The molecule has 2 N–H and O–H groups in total. The average Bonchev–Trinajstić information content (AvgIpc) is 2.66. The zero-order valence-electron chi connectivity index (χ0n) is 16.3. The predicted octanol–water partition coefficient (Wildman–Crippen LogP) is 2.58. The zero-order valence-corrected chi connectivity index (χ0v) is 17.1. The van der Waals surface area contributed by atoms with Crippen LogP contribution in [0, 0.1) is 0 Å². The number of ether oxygens (including phenoxy) is 2. The summed E-state index contributed by atoms with van der Waals surface area (Å²) in [6.07, 6.45) is 0.833. The van der Waals surface area contributed by atoms with Crippen LogP contribution in [0.25, 0.3) is 0 Å². The van der Waals surface area contributed by atoms with Gasteiger partial charge in [-0.2, -0.15) is 0 Å². The number of methoxy groups -OCH3 is 2. The quantitative estimate of drug-likeness (QED) is 0.633. The van der Waals surface area contributed by atoms with Gasteiger partial charge >= 0.3 is 0 Å². The van der Waals surface area contributed by atoms with E-state index in [-0.39, 0.29) is 29.9 Å². The van der Waals surface area contributed by atoms with Crippen molar-refractivity contribution >= 4 is 21.6 Å². The summed E-state index contributed by atoms with van der Waals surface area (Å²) in [5, 5.41) is 2.77. The fourth-order valence-electron chi connectivity index (χ4n) is 2.72. The third kappa shape index (κ3) is 6.33. The smallest absolute Gasteiger partial charge is 0.240 e. The number of amides is 1. The molecule has 28 heavy (non-hydrogen) atoms. The Morgan fingerprint density at radius 2 is 1.75 bits per heavy atom. The van der Waals surface area contributed by atoms with Crippen molar-refractivity contribution in [3.63, 3.8) is 0 Å². The number of hydrogen-bond donors (Lipinski definition) is 2. The van der Waals surface area contributed by atoms with Gasteiger partial charge in [0.15, 0.2) is 0 Å². The Bertz CT molecular complexity index is 882. The molecule has 2 aromatic carbocycles. The van der Waals surface area contributed by atoms with Crippen LogP contribution < -0.4 is 14.8 Å². The number of hydrogen-bond acceptors (Lipinski definition) is 5. The lowest BCUT2D eigenvalue weighted by Crippen LogP contribution is -2.35. The number of carbonyl (C=O) groups excluding carboxylic acids is 1. The van der Waals surface area contributed by atoms with Crippen LogP contribution in [0.1, 0.15) is 18.9 Å². The fourth-order valence-corrected chi connectivity index (χ4v) is 3.94. The van der Waals surface area contributed by atoms with Crippen LogP contribution in [0.4, 0.5) is 5.69 Å². The summed E-state index contributed by atoms with van der Waals surface area (Å²) in [5.74, 6) is 0.591. The number of carbonyl (C=O) groups is 1. The minimum atomic E-state index is -3.64. The number of nitrogens with one attached hydrogen (secondary N) is 2. The number of aryl methyl sites for hydroxylation is 1. The Balaban J connectivity index is 1.93. The van der Waals surface area contributed by atoms with E-state index in [0.717, 1.165) is 11.3 Å². The van der Waals surface area contributed by atoms with Crippen molar-refractivity contribution in [1.29, 1.82) is 0 Å². The minimum absolute atomic E-state index is 0.127. The van der Waals surface area contributed by atoms with Gasteiger partial charge in [-0.15, -0.1) is 0 Å². The Hall–Kier alpha value is -2.42. The predicted molar refractivity (Wildman–Crippen MR) is 108 cm³/mol. The van der Waals surface area contributed by atoms with Gasteiger partial charge in [0.05, 0.1) is 18.6 Å². The summed E-state index contributed by atoms with van der Waals surface area (Å²) in [6.45, 7) is 2.00. The lowest BCUT2D eigenvalue weighted by molar-refractivity contribution is -0.116. The molecule has 0 radical (unpaired) electrons. The summed E-state index contributed by atoms with van der Waals surface area (Å²) in [4.78, 5) is 12.3. The van der Waals surface area contributed by atoms with E-state index in [9.17, 15) is 13.2 Å². The minimum Gasteiger partial charge on any atom is -0.496 e. The van der Waals surface area contributed by atoms with Gasteiger partial charge in [-0.1, -0.05) is 18.2 Å². The highest BCUT2D eigenvalue weighted by molar-refractivity contribution is 7.89. The molecule has 0 fully saturated rings. The maximum absolute atomic E-state index is 12.3. The first-order valence-corrected chi connectivity index (χ1v) is 10.4. The first-order valence-electron chi connectivity index (χ1n) is 8.89. The molecule has 1 unspecified atom stereocenters. The van der Waals surface area contributed by atoms with Crippen LogP contribution in [0.3, 0.4) is 0 Å². The van der Waals surface area contributed by atoms with Gasteiger partial charge in [0.2, 0.25) is 15.9 Å². The molecule has 7 nitrogen and oxygen atoms in total. The van der Waals surface area contributed by atoms with E-state index in [2.05, 4.69) is 10.0 Å². The van der Waals surface area contributed by atoms with E-state index in [0.29, 0.717) is 12.1 Å². The Morgan fingerprint density at radius 3 is 2.39 bits per heavy atom. The van der Waals surface area contributed by atoms with Gasteiger partial charge in [-0.05, 0) is 49.2 Å². The summed E-state index contributed by atoms with van der Waals surface area (Å²) >= 11 is 0. The van der Waals surface area contributed by atoms with E-state index >= 15 is 0 Å². The third-order valence-corrected chi connectivity index (χ3v) is 5.64. The molecule has 1 amide bonds.